The number of halogens is 5. The van der Waals surface area contributed by atoms with E-state index in [1.807, 2.05) is 0 Å². The molecule has 1 aliphatic rings. The lowest BCUT2D eigenvalue weighted by Crippen LogP contribution is -2.39. The standard InChI is InChI=1S/C8H9F5O2/c1-6(2)3(4(14)15)7(6,5(9)10)8(11,12)13/h3,5H,1-2H3,(H,14,15)/p-1. The molecule has 1 saturated carbocycles. The summed E-state index contributed by atoms with van der Waals surface area (Å²) in [5.74, 6) is -4.28. The highest BCUT2D eigenvalue weighted by Crippen LogP contribution is 2.77. The fourth-order valence-electron chi connectivity index (χ4n) is 2.34. The third-order valence-electron chi connectivity index (χ3n) is 3.21. The van der Waals surface area contributed by atoms with Gasteiger partial charge in [0.15, 0.2) is 0 Å². The molecule has 1 rings (SSSR count). The summed E-state index contributed by atoms with van der Waals surface area (Å²) in [6.45, 7) is 1.71. The number of carboxylic acids is 1. The fraction of sp³-hybridized carbons (Fsp3) is 0.875. The monoisotopic (exact) mass is 231 g/mol. The maximum atomic E-state index is 12.5. The van der Waals surface area contributed by atoms with Crippen molar-refractivity contribution in [2.75, 3.05) is 0 Å². The van der Waals surface area contributed by atoms with Gasteiger partial charge in [-0.05, 0) is 5.41 Å². The van der Waals surface area contributed by atoms with Crippen molar-refractivity contribution in [3.63, 3.8) is 0 Å². The number of carbonyl (C=O) groups excluding carboxylic acids is 1. The summed E-state index contributed by atoms with van der Waals surface area (Å²) in [4.78, 5) is 10.4. The Morgan fingerprint density at radius 2 is 1.73 bits per heavy atom. The highest BCUT2D eigenvalue weighted by molar-refractivity contribution is 5.75. The van der Waals surface area contributed by atoms with E-state index in [1.54, 1.807) is 0 Å². The van der Waals surface area contributed by atoms with E-state index in [9.17, 15) is 31.9 Å². The Kier molecular flexibility index (Phi) is 2.30. The van der Waals surface area contributed by atoms with E-state index in [4.69, 9.17) is 0 Å². The summed E-state index contributed by atoms with van der Waals surface area (Å²) in [6, 6.07) is 0. The Morgan fingerprint density at radius 3 is 1.80 bits per heavy atom. The van der Waals surface area contributed by atoms with Crippen molar-refractivity contribution >= 4 is 5.97 Å². The van der Waals surface area contributed by atoms with Crippen LogP contribution in [0.2, 0.25) is 0 Å². The first-order valence-electron chi connectivity index (χ1n) is 4.07. The van der Waals surface area contributed by atoms with Crippen LogP contribution >= 0.6 is 0 Å². The van der Waals surface area contributed by atoms with Crippen LogP contribution in [0.15, 0.2) is 0 Å². The van der Waals surface area contributed by atoms with Crippen molar-refractivity contribution in [1.29, 1.82) is 0 Å². The molecule has 2 atom stereocenters. The van der Waals surface area contributed by atoms with Crippen LogP contribution in [0, 0.1) is 16.7 Å². The number of rotatable bonds is 2. The predicted molar refractivity (Wildman–Crippen MR) is 36.8 cm³/mol. The van der Waals surface area contributed by atoms with E-state index in [-0.39, 0.29) is 0 Å². The van der Waals surface area contributed by atoms with Gasteiger partial charge in [0.2, 0.25) is 0 Å². The summed E-state index contributed by atoms with van der Waals surface area (Å²) in [5, 5.41) is 10.4. The van der Waals surface area contributed by atoms with Crippen LogP contribution in [0.1, 0.15) is 13.8 Å². The van der Waals surface area contributed by atoms with Crippen molar-refractivity contribution in [3.05, 3.63) is 0 Å². The Balaban J connectivity index is 3.24. The van der Waals surface area contributed by atoms with Crippen molar-refractivity contribution in [3.8, 4) is 0 Å². The molecule has 0 radical (unpaired) electrons. The maximum absolute atomic E-state index is 12.5. The molecule has 0 saturated heterocycles. The lowest BCUT2D eigenvalue weighted by atomic mass is 9.96. The summed E-state index contributed by atoms with van der Waals surface area (Å²) < 4.78 is 62.4. The molecule has 0 heterocycles. The summed E-state index contributed by atoms with van der Waals surface area (Å²) in [7, 11) is 0. The van der Waals surface area contributed by atoms with E-state index in [0.717, 1.165) is 13.8 Å². The highest BCUT2D eigenvalue weighted by Gasteiger charge is 2.87. The molecule has 88 valence electrons. The number of hydrogen-bond acceptors (Lipinski definition) is 2. The van der Waals surface area contributed by atoms with Gasteiger partial charge in [0.25, 0.3) is 6.43 Å². The number of alkyl halides is 5. The molecule has 0 N–H and O–H groups in total. The van der Waals surface area contributed by atoms with E-state index in [0.29, 0.717) is 0 Å². The number of hydrogen-bond donors (Lipinski definition) is 0. The third-order valence-corrected chi connectivity index (χ3v) is 3.21. The zero-order valence-electron chi connectivity index (χ0n) is 7.86. The maximum Gasteiger partial charge on any atom is 0.401 e. The fourth-order valence-corrected chi connectivity index (χ4v) is 2.34. The van der Waals surface area contributed by atoms with E-state index in [2.05, 4.69) is 0 Å². The van der Waals surface area contributed by atoms with Gasteiger partial charge in [-0.25, -0.2) is 8.78 Å². The van der Waals surface area contributed by atoms with Gasteiger partial charge in [0, 0.05) is 11.9 Å². The second-order valence-electron chi connectivity index (χ2n) is 4.14. The molecule has 1 aliphatic carbocycles. The van der Waals surface area contributed by atoms with Gasteiger partial charge in [0.05, 0.1) is 0 Å². The minimum atomic E-state index is -5.25. The van der Waals surface area contributed by atoms with Crippen LogP contribution in [-0.4, -0.2) is 18.6 Å². The predicted octanol–water partition coefficient (Wildman–Crippen LogP) is 1.21. The minimum Gasteiger partial charge on any atom is -0.550 e. The normalized spacial score (nSPS) is 34.3. The van der Waals surface area contributed by atoms with Gasteiger partial charge in [0.1, 0.15) is 5.41 Å². The molecule has 0 bridgehead atoms. The second kappa shape index (κ2) is 2.82. The largest absolute Gasteiger partial charge is 0.550 e. The summed E-state index contributed by atoms with van der Waals surface area (Å²) in [5.41, 5.74) is -5.50. The van der Waals surface area contributed by atoms with Crippen molar-refractivity contribution in [2.45, 2.75) is 26.4 Å². The summed E-state index contributed by atoms with van der Waals surface area (Å²) >= 11 is 0. The van der Waals surface area contributed by atoms with Crippen LogP contribution < -0.4 is 5.11 Å². The van der Waals surface area contributed by atoms with Crippen LogP contribution in [-0.2, 0) is 4.79 Å². The van der Waals surface area contributed by atoms with Gasteiger partial charge in [-0.1, -0.05) is 13.8 Å². The van der Waals surface area contributed by atoms with E-state index in [1.165, 1.54) is 0 Å². The molecule has 2 unspecified atom stereocenters. The van der Waals surface area contributed by atoms with Gasteiger partial charge < -0.3 is 9.90 Å². The Hall–Kier alpha value is -0.880. The Bertz CT molecular complexity index is 296. The molecular weight excluding hydrogens is 223 g/mol. The molecule has 0 aromatic rings. The first-order valence-corrected chi connectivity index (χ1v) is 4.07. The molecule has 2 nitrogen and oxygen atoms in total. The molecule has 0 aromatic heterocycles. The average molecular weight is 231 g/mol. The first-order chi connectivity index (χ1) is 6.51. The number of carbonyl (C=O) groups is 1. The lowest BCUT2D eigenvalue weighted by Gasteiger charge is -2.23. The van der Waals surface area contributed by atoms with Crippen LogP contribution in [0.3, 0.4) is 0 Å². The van der Waals surface area contributed by atoms with E-state index >= 15 is 0 Å². The number of aliphatic carboxylic acids is 1. The second-order valence-corrected chi connectivity index (χ2v) is 4.14. The van der Waals surface area contributed by atoms with Crippen LogP contribution in [0.25, 0.3) is 0 Å². The average Bonchev–Trinajstić information content (AvgIpc) is 2.46. The Labute approximate surface area is 82.1 Å². The quantitative estimate of drug-likeness (QED) is 0.670. The Morgan fingerprint density at radius 1 is 1.33 bits per heavy atom. The van der Waals surface area contributed by atoms with Gasteiger partial charge in [-0.2, -0.15) is 13.2 Å². The van der Waals surface area contributed by atoms with Crippen molar-refractivity contribution in [2.24, 2.45) is 16.7 Å². The topological polar surface area (TPSA) is 40.1 Å². The number of carboxylic acid groups (broad SMARTS) is 1. The van der Waals surface area contributed by atoms with Crippen molar-refractivity contribution < 1.29 is 31.9 Å². The van der Waals surface area contributed by atoms with Gasteiger partial charge in [-0.15, -0.1) is 0 Å². The van der Waals surface area contributed by atoms with E-state index < -0.39 is 35.3 Å². The highest BCUT2D eigenvalue weighted by atomic mass is 19.4. The lowest BCUT2D eigenvalue weighted by molar-refractivity contribution is -0.314. The molecule has 1 fully saturated rings. The minimum absolute atomic E-state index is 0.854. The first kappa shape index (κ1) is 12.2. The van der Waals surface area contributed by atoms with Crippen LogP contribution in [0.5, 0.6) is 0 Å². The zero-order valence-corrected chi connectivity index (χ0v) is 7.86. The molecule has 0 aromatic carbocycles. The molecule has 15 heavy (non-hydrogen) atoms. The molecule has 0 aliphatic heterocycles. The van der Waals surface area contributed by atoms with Crippen molar-refractivity contribution in [1.82, 2.24) is 0 Å². The third kappa shape index (κ3) is 1.18. The molecular formula is C8H8F5O2-. The zero-order chi connectivity index (χ0) is 12.2. The SMILES string of the molecule is CC1(C)C(C(=O)[O-])C1(C(F)F)C(F)(F)F. The molecule has 0 spiro atoms. The van der Waals surface area contributed by atoms with Gasteiger partial charge in [-0.3, -0.25) is 0 Å². The van der Waals surface area contributed by atoms with Gasteiger partial charge >= 0.3 is 6.18 Å². The summed E-state index contributed by atoms with van der Waals surface area (Å²) in [6.07, 6.45) is -9.02. The smallest absolute Gasteiger partial charge is 0.401 e. The molecule has 0 amide bonds. The molecule has 7 heteroatoms. The van der Waals surface area contributed by atoms with Crippen LogP contribution in [0.4, 0.5) is 22.0 Å².